The Labute approximate surface area is 275 Å². The smallest absolute Gasteiger partial charge is 0.416 e. The third kappa shape index (κ3) is 7.25. The molecule has 0 unspecified atom stereocenters. The monoisotopic (exact) mass is 669 g/mol. The Hall–Kier alpha value is -4.51. The molecule has 5 rings (SSSR count). The van der Waals surface area contributed by atoms with Gasteiger partial charge in [0.1, 0.15) is 29.1 Å². The first kappa shape index (κ1) is 33.8. The fraction of sp³-hybridized carbons (Fsp3) is 0.343. The lowest BCUT2D eigenvalue weighted by Gasteiger charge is -2.41. The number of benzene rings is 3. The lowest BCUT2D eigenvalue weighted by Crippen LogP contribution is -2.60. The second-order valence-electron chi connectivity index (χ2n) is 13.0. The molecule has 0 saturated heterocycles. The number of ether oxygens (including phenoxy) is 1. The maximum absolute atomic E-state index is 14.4. The highest BCUT2D eigenvalue weighted by molar-refractivity contribution is 6.30. The number of halogens is 4. The maximum Gasteiger partial charge on any atom is 0.416 e. The van der Waals surface area contributed by atoms with Gasteiger partial charge in [-0.1, -0.05) is 56.6 Å². The predicted molar refractivity (Wildman–Crippen MR) is 171 cm³/mol. The van der Waals surface area contributed by atoms with Gasteiger partial charge in [0.05, 0.1) is 5.56 Å². The quantitative estimate of drug-likeness (QED) is 0.210. The molecule has 248 valence electrons. The third-order valence-electron chi connectivity index (χ3n) is 8.57. The van der Waals surface area contributed by atoms with E-state index in [4.69, 9.17) is 16.3 Å². The largest absolute Gasteiger partial charge is 0.479 e. The Bertz CT molecular complexity index is 1720. The van der Waals surface area contributed by atoms with Crippen LogP contribution in [0.3, 0.4) is 0 Å². The van der Waals surface area contributed by atoms with Crippen molar-refractivity contribution in [1.29, 1.82) is 0 Å². The summed E-state index contributed by atoms with van der Waals surface area (Å²) in [5.74, 6) is -1.91. The van der Waals surface area contributed by atoms with Crippen LogP contribution in [-0.4, -0.2) is 45.4 Å². The Morgan fingerprint density at radius 2 is 1.74 bits per heavy atom. The van der Waals surface area contributed by atoms with Crippen molar-refractivity contribution in [1.82, 2.24) is 10.2 Å². The van der Waals surface area contributed by atoms with Crippen LogP contribution in [-0.2, 0) is 33.5 Å². The van der Waals surface area contributed by atoms with Gasteiger partial charge in [-0.3, -0.25) is 9.59 Å². The number of rotatable bonds is 9. The van der Waals surface area contributed by atoms with Gasteiger partial charge in [0.25, 0.3) is 0 Å². The van der Waals surface area contributed by atoms with Crippen molar-refractivity contribution in [2.24, 2.45) is 11.3 Å². The maximum atomic E-state index is 14.4. The zero-order valence-electron chi connectivity index (χ0n) is 26.0. The number of alkyl halides is 3. The molecule has 0 spiro atoms. The SMILES string of the molecule is C=C[C@@H]1C[C@]1(NC(=O)[C@@H]1Cc2cc(Oc3cccc(Cl)c3)ccc2CN1C(=O)[C@@H](Nc1cccc(C(F)(F)F)c1)C(C)(C)C)C(=O)O. The average molecular weight is 670 g/mol. The highest BCUT2D eigenvalue weighted by Gasteiger charge is 2.61. The number of nitrogens with one attached hydrogen (secondary N) is 2. The van der Waals surface area contributed by atoms with E-state index in [0.29, 0.717) is 22.1 Å². The molecule has 1 aliphatic heterocycles. The van der Waals surface area contributed by atoms with E-state index < -0.39 is 58.5 Å². The number of hydrogen-bond donors (Lipinski definition) is 3. The summed E-state index contributed by atoms with van der Waals surface area (Å²) in [6, 6.07) is 14.5. The summed E-state index contributed by atoms with van der Waals surface area (Å²) in [5.41, 5.74) is -1.68. The average Bonchev–Trinajstić information content (AvgIpc) is 3.72. The van der Waals surface area contributed by atoms with Crippen LogP contribution < -0.4 is 15.4 Å². The molecule has 47 heavy (non-hydrogen) atoms. The summed E-state index contributed by atoms with van der Waals surface area (Å²) in [7, 11) is 0. The molecule has 3 aromatic carbocycles. The molecule has 0 radical (unpaired) electrons. The fourth-order valence-corrected chi connectivity index (χ4v) is 6.02. The molecule has 12 heteroatoms. The number of carboxylic acids is 1. The molecule has 2 amide bonds. The molecule has 4 atom stereocenters. The highest BCUT2D eigenvalue weighted by Crippen LogP contribution is 2.45. The number of amides is 2. The zero-order chi connectivity index (χ0) is 34.3. The number of carboxylic acid groups (broad SMARTS) is 1. The van der Waals surface area contributed by atoms with E-state index in [1.54, 1.807) is 63.2 Å². The van der Waals surface area contributed by atoms with E-state index in [9.17, 15) is 32.7 Å². The summed E-state index contributed by atoms with van der Waals surface area (Å²) in [6.07, 6.45) is -2.91. The van der Waals surface area contributed by atoms with E-state index in [1.807, 2.05) is 0 Å². The molecule has 0 aromatic heterocycles. The minimum absolute atomic E-state index is 0.00843. The Morgan fingerprint density at radius 3 is 2.36 bits per heavy atom. The van der Waals surface area contributed by atoms with Crippen LogP contribution in [0.2, 0.25) is 5.02 Å². The molecular weight excluding hydrogens is 635 g/mol. The Balaban J connectivity index is 1.49. The number of carbonyl (C=O) groups excluding carboxylic acids is 2. The van der Waals surface area contributed by atoms with Crippen LogP contribution in [0, 0.1) is 11.3 Å². The summed E-state index contributed by atoms with van der Waals surface area (Å²) < 4.78 is 46.4. The molecule has 2 aliphatic rings. The lowest BCUT2D eigenvalue weighted by molar-refractivity contribution is -0.147. The van der Waals surface area contributed by atoms with Crippen molar-refractivity contribution in [2.45, 2.75) is 64.0 Å². The molecular formula is C35H35ClF3N3O5. The number of nitrogens with zero attached hydrogens (tertiary/aromatic N) is 1. The van der Waals surface area contributed by atoms with Crippen molar-refractivity contribution in [3.63, 3.8) is 0 Å². The van der Waals surface area contributed by atoms with Gasteiger partial charge in [-0.2, -0.15) is 13.2 Å². The number of fused-ring (bicyclic) bond motifs is 1. The van der Waals surface area contributed by atoms with Crippen molar-refractivity contribution in [2.75, 3.05) is 5.32 Å². The Morgan fingerprint density at radius 1 is 1.04 bits per heavy atom. The molecule has 1 aliphatic carbocycles. The van der Waals surface area contributed by atoms with Crippen LogP contribution in [0.5, 0.6) is 11.5 Å². The van der Waals surface area contributed by atoms with Crippen molar-refractivity contribution in [3.8, 4) is 11.5 Å². The van der Waals surface area contributed by atoms with Gasteiger partial charge in [0, 0.05) is 29.6 Å². The molecule has 0 bridgehead atoms. The predicted octanol–water partition coefficient (Wildman–Crippen LogP) is 7.08. The zero-order valence-corrected chi connectivity index (χ0v) is 26.8. The minimum atomic E-state index is -4.58. The summed E-state index contributed by atoms with van der Waals surface area (Å²) in [5, 5.41) is 16.1. The van der Waals surface area contributed by atoms with E-state index in [-0.39, 0.29) is 25.1 Å². The molecule has 1 heterocycles. The van der Waals surface area contributed by atoms with E-state index in [2.05, 4.69) is 17.2 Å². The standard InChI is InChI=1S/C35H35ClF3N3O5/c1-5-22-18-34(22,32(45)46)41-30(43)28-15-21-14-27(47-26-11-7-9-24(36)17-26)13-12-20(21)19-42(28)31(44)29(33(2,3)4)40-25-10-6-8-23(16-25)35(37,38)39/h5-14,16-17,22,28-29,40H,1,15,18-19H2,2-4H3,(H,41,43)(H,45,46)/t22-,28+,29-,34-/m1/s1. The normalized spacial score (nSPS) is 21.2. The first-order valence-electron chi connectivity index (χ1n) is 15.0. The van der Waals surface area contributed by atoms with E-state index >= 15 is 0 Å². The fourth-order valence-electron chi connectivity index (χ4n) is 5.84. The molecule has 3 aromatic rings. The topological polar surface area (TPSA) is 108 Å². The van der Waals surface area contributed by atoms with Gasteiger partial charge in [-0.25, -0.2) is 4.79 Å². The minimum Gasteiger partial charge on any atom is -0.479 e. The summed E-state index contributed by atoms with van der Waals surface area (Å²) in [6.45, 7) is 8.96. The van der Waals surface area contributed by atoms with Crippen LogP contribution in [0.15, 0.2) is 79.4 Å². The van der Waals surface area contributed by atoms with Crippen LogP contribution in [0.4, 0.5) is 18.9 Å². The molecule has 1 saturated carbocycles. The lowest BCUT2D eigenvalue weighted by atomic mass is 9.84. The first-order chi connectivity index (χ1) is 22.0. The van der Waals surface area contributed by atoms with Gasteiger partial charge >= 0.3 is 12.1 Å². The van der Waals surface area contributed by atoms with Gasteiger partial charge < -0.3 is 25.4 Å². The van der Waals surface area contributed by atoms with Crippen LogP contribution >= 0.6 is 11.6 Å². The van der Waals surface area contributed by atoms with E-state index in [1.165, 1.54) is 23.1 Å². The van der Waals surface area contributed by atoms with Crippen molar-refractivity contribution < 1.29 is 37.4 Å². The third-order valence-corrected chi connectivity index (χ3v) is 8.80. The van der Waals surface area contributed by atoms with Crippen molar-refractivity contribution in [3.05, 3.63) is 101 Å². The summed E-state index contributed by atoms with van der Waals surface area (Å²) >= 11 is 6.10. The molecule has 3 N–H and O–H groups in total. The number of anilines is 1. The number of carbonyl (C=O) groups is 3. The van der Waals surface area contributed by atoms with Crippen LogP contribution in [0.25, 0.3) is 0 Å². The van der Waals surface area contributed by atoms with Gasteiger partial charge in [-0.05, 0) is 71.5 Å². The van der Waals surface area contributed by atoms with Gasteiger partial charge in [-0.15, -0.1) is 6.58 Å². The van der Waals surface area contributed by atoms with Crippen LogP contribution in [0.1, 0.15) is 43.9 Å². The van der Waals surface area contributed by atoms with Crippen molar-refractivity contribution >= 4 is 35.1 Å². The first-order valence-corrected chi connectivity index (χ1v) is 15.4. The van der Waals surface area contributed by atoms with Gasteiger partial charge in [0.15, 0.2) is 0 Å². The molecule has 8 nitrogen and oxygen atoms in total. The molecule has 1 fully saturated rings. The highest BCUT2D eigenvalue weighted by atomic mass is 35.5. The second kappa shape index (κ2) is 12.6. The Kier molecular flexibility index (Phi) is 9.07. The summed E-state index contributed by atoms with van der Waals surface area (Å²) in [4.78, 5) is 41.9. The number of hydrogen-bond acceptors (Lipinski definition) is 5. The van der Waals surface area contributed by atoms with Gasteiger partial charge in [0.2, 0.25) is 11.8 Å². The number of aliphatic carboxylic acids is 1. The second-order valence-corrected chi connectivity index (χ2v) is 13.4. The van der Waals surface area contributed by atoms with E-state index in [0.717, 1.165) is 17.7 Å².